The third kappa shape index (κ3) is 2.85. The Balaban J connectivity index is 2.06. The molecule has 7 heteroatoms. The molecule has 2 aromatic heterocycles. The summed E-state index contributed by atoms with van der Waals surface area (Å²) in [6.07, 6.45) is 1.33. The van der Waals surface area contributed by atoms with Gasteiger partial charge in [-0.3, -0.25) is 4.40 Å². The van der Waals surface area contributed by atoms with Crippen molar-refractivity contribution in [3.63, 3.8) is 0 Å². The fourth-order valence-corrected chi connectivity index (χ4v) is 2.22. The Bertz CT molecular complexity index is 889. The van der Waals surface area contributed by atoms with Gasteiger partial charge < -0.3 is 9.47 Å². The molecular weight excluding hydrogens is 299 g/mol. The molecule has 3 rings (SSSR count). The molecule has 6 nitrogen and oxygen atoms in total. The first kappa shape index (κ1) is 15.0. The van der Waals surface area contributed by atoms with E-state index in [0.29, 0.717) is 34.3 Å². The number of fused-ring (bicyclic) bond motifs is 1. The second kappa shape index (κ2) is 6.04. The molecule has 0 radical (unpaired) electrons. The van der Waals surface area contributed by atoms with Crippen LogP contribution in [-0.2, 0) is 0 Å². The lowest BCUT2D eigenvalue weighted by Crippen LogP contribution is -1.87. The molecule has 3 aromatic rings. The van der Waals surface area contributed by atoms with Crippen LogP contribution in [-0.4, -0.2) is 23.6 Å². The number of methoxy groups -OCH3 is 2. The highest BCUT2D eigenvalue weighted by molar-refractivity contribution is 5.56. The molecule has 0 atom stereocenters. The summed E-state index contributed by atoms with van der Waals surface area (Å²) < 4.78 is 25.4. The number of halogens is 1. The number of imidazole rings is 1. The molecule has 0 spiro atoms. The number of rotatable bonds is 4. The molecule has 1 aromatic carbocycles. The van der Waals surface area contributed by atoms with E-state index in [2.05, 4.69) is 15.2 Å². The normalized spacial score (nSPS) is 11.3. The Hall–Kier alpha value is -2.96. The lowest BCUT2D eigenvalue weighted by atomic mass is 10.3. The number of aryl methyl sites for hydroxylation is 1. The third-order valence-corrected chi connectivity index (χ3v) is 3.36. The second-order valence-corrected chi connectivity index (χ2v) is 4.83. The Morgan fingerprint density at radius 1 is 1.09 bits per heavy atom. The summed E-state index contributed by atoms with van der Waals surface area (Å²) in [5.74, 6) is 1.29. The molecular formula is C16H15FN4O2. The lowest BCUT2D eigenvalue weighted by Gasteiger charge is -2.05. The maximum Gasteiger partial charge on any atom is 0.182 e. The van der Waals surface area contributed by atoms with Gasteiger partial charge in [-0.2, -0.15) is 0 Å². The number of benzene rings is 1. The van der Waals surface area contributed by atoms with E-state index >= 15 is 0 Å². The van der Waals surface area contributed by atoms with Gasteiger partial charge in [-0.05, 0) is 31.2 Å². The molecule has 0 fully saturated rings. The highest BCUT2D eigenvalue weighted by atomic mass is 19.1. The van der Waals surface area contributed by atoms with Crippen LogP contribution in [0.2, 0.25) is 0 Å². The first-order chi connectivity index (χ1) is 11.1. The van der Waals surface area contributed by atoms with Gasteiger partial charge in [0.25, 0.3) is 0 Å². The summed E-state index contributed by atoms with van der Waals surface area (Å²) in [5, 5.41) is 8.42. The van der Waals surface area contributed by atoms with Crippen molar-refractivity contribution in [2.75, 3.05) is 14.2 Å². The maximum atomic E-state index is 13.4. The van der Waals surface area contributed by atoms with Crippen molar-refractivity contribution in [3.05, 3.63) is 48.0 Å². The van der Waals surface area contributed by atoms with Gasteiger partial charge in [0.1, 0.15) is 28.7 Å². The van der Waals surface area contributed by atoms with E-state index in [4.69, 9.17) is 9.47 Å². The van der Waals surface area contributed by atoms with Crippen molar-refractivity contribution >= 4 is 17.2 Å². The Morgan fingerprint density at radius 3 is 2.65 bits per heavy atom. The molecule has 118 valence electrons. The minimum atomic E-state index is -0.370. The van der Waals surface area contributed by atoms with Crippen molar-refractivity contribution in [2.45, 2.75) is 6.92 Å². The molecule has 0 aliphatic rings. The monoisotopic (exact) mass is 314 g/mol. The summed E-state index contributed by atoms with van der Waals surface area (Å²) in [6, 6.07) is 8.17. The van der Waals surface area contributed by atoms with Crippen LogP contribution >= 0.6 is 0 Å². The molecule has 0 amide bonds. The van der Waals surface area contributed by atoms with Crippen molar-refractivity contribution in [3.8, 4) is 11.5 Å². The topological polar surface area (TPSA) is 60.5 Å². The molecule has 0 aliphatic carbocycles. The maximum absolute atomic E-state index is 13.4. The number of azo groups is 1. The SMILES string of the molecule is COc1ccc(OC)c(N=Nc2c(C)nc3ccc(F)cn23)c1. The molecule has 0 unspecified atom stereocenters. The summed E-state index contributed by atoms with van der Waals surface area (Å²) in [4.78, 5) is 4.33. The van der Waals surface area contributed by atoms with Gasteiger partial charge in [-0.1, -0.05) is 0 Å². The van der Waals surface area contributed by atoms with Crippen LogP contribution in [0.5, 0.6) is 11.5 Å². The first-order valence-electron chi connectivity index (χ1n) is 6.90. The van der Waals surface area contributed by atoms with Gasteiger partial charge in [0.2, 0.25) is 0 Å². The Kier molecular flexibility index (Phi) is 3.92. The van der Waals surface area contributed by atoms with Crippen molar-refractivity contribution < 1.29 is 13.9 Å². The number of hydrogen-bond donors (Lipinski definition) is 0. The van der Waals surface area contributed by atoms with E-state index in [0.717, 1.165) is 0 Å². The van der Waals surface area contributed by atoms with Crippen LogP contribution in [0.1, 0.15) is 5.69 Å². The largest absolute Gasteiger partial charge is 0.497 e. The Morgan fingerprint density at radius 2 is 1.91 bits per heavy atom. The smallest absolute Gasteiger partial charge is 0.182 e. The average molecular weight is 314 g/mol. The third-order valence-electron chi connectivity index (χ3n) is 3.36. The molecule has 23 heavy (non-hydrogen) atoms. The zero-order chi connectivity index (χ0) is 16.4. The number of aromatic nitrogens is 2. The van der Waals surface area contributed by atoms with Gasteiger partial charge >= 0.3 is 0 Å². The quantitative estimate of drug-likeness (QED) is 0.678. The Labute approximate surface area is 132 Å². The standard InChI is InChI=1S/C16H15FN4O2/c1-10-16(21-9-11(17)4-7-15(21)18-10)20-19-13-8-12(22-2)5-6-14(13)23-3/h4-9H,1-3H3. The van der Waals surface area contributed by atoms with E-state index in [1.54, 1.807) is 49.8 Å². The molecule has 0 saturated carbocycles. The van der Waals surface area contributed by atoms with Crippen LogP contribution in [0.25, 0.3) is 5.65 Å². The summed E-state index contributed by atoms with van der Waals surface area (Å²) in [7, 11) is 3.12. The molecule has 0 N–H and O–H groups in total. The predicted octanol–water partition coefficient (Wildman–Crippen LogP) is 4.21. The van der Waals surface area contributed by atoms with Crippen LogP contribution in [0.15, 0.2) is 46.8 Å². The highest BCUT2D eigenvalue weighted by Crippen LogP contribution is 2.33. The van der Waals surface area contributed by atoms with Crippen molar-refractivity contribution in [1.29, 1.82) is 0 Å². The van der Waals surface area contributed by atoms with Crippen LogP contribution in [0, 0.1) is 12.7 Å². The zero-order valence-electron chi connectivity index (χ0n) is 12.9. The minimum absolute atomic E-state index is 0.370. The number of ether oxygens (including phenoxy) is 2. The predicted molar refractivity (Wildman–Crippen MR) is 83.6 cm³/mol. The van der Waals surface area contributed by atoms with E-state index in [9.17, 15) is 4.39 Å². The van der Waals surface area contributed by atoms with Crippen molar-refractivity contribution in [1.82, 2.24) is 9.38 Å². The second-order valence-electron chi connectivity index (χ2n) is 4.83. The number of hydrogen-bond acceptors (Lipinski definition) is 5. The number of pyridine rings is 1. The summed E-state index contributed by atoms with van der Waals surface area (Å²) in [5.41, 5.74) is 1.77. The fourth-order valence-electron chi connectivity index (χ4n) is 2.22. The van der Waals surface area contributed by atoms with Crippen LogP contribution in [0.4, 0.5) is 15.9 Å². The molecule has 0 aliphatic heterocycles. The number of nitrogens with zero attached hydrogens (tertiary/aromatic N) is 4. The van der Waals surface area contributed by atoms with Crippen LogP contribution < -0.4 is 9.47 Å². The van der Waals surface area contributed by atoms with Gasteiger partial charge in [-0.25, -0.2) is 9.37 Å². The van der Waals surface area contributed by atoms with Crippen LogP contribution in [0.3, 0.4) is 0 Å². The van der Waals surface area contributed by atoms with E-state index in [1.807, 2.05) is 0 Å². The molecule has 0 bridgehead atoms. The summed E-state index contributed by atoms with van der Waals surface area (Å²) >= 11 is 0. The van der Waals surface area contributed by atoms with Gasteiger partial charge in [-0.15, -0.1) is 10.2 Å². The first-order valence-corrected chi connectivity index (χ1v) is 6.90. The van der Waals surface area contributed by atoms with E-state index in [1.165, 1.54) is 12.3 Å². The van der Waals surface area contributed by atoms with Gasteiger partial charge in [0.05, 0.1) is 19.9 Å². The van der Waals surface area contributed by atoms with E-state index < -0.39 is 0 Å². The highest BCUT2D eigenvalue weighted by Gasteiger charge is 2.10. The summed E-state index contributed by atoms with van der Waals surface area (Å²) in [6.45, 7) is 1.79. The fraction of sp³-hybridized carbons (Fsp3) is 0.188. The molecule has 2 heterocycles. The molecule has 0 saturated heterocycles. The lowest BCUT2D eigenvalue weighted by molar-refractivity contribution is 0.404. The van der Waals surface area contributed by atoms with Gasteiger partial charge in [0.15, 0.2) is 5.82 Å². The average Bonchev–Trinajstić information content (AvgIpc) is 2.87. The zero-order valence-corrected chi connectivity index (χ0v) is 12.9. The van der Waals surface area contributed by atoms with Crippen molar-refractivity contribution in [2.24, 2.45) is 10.2 Å². The van der Waals surface area contributed by atoms with E-state index in [-0.39, 0.29) is 5.82 Å². The van der Waals surface area contributed by atoms with Gasteiger partial charge in [0, 0.05) is 12.3 Å². The minimum Gasteiger partial charge on any atom is -0.497 e.